The van der Waals surface area contributed by atoms with Gasteiger partial charge in [-0.15, -0.1) is 0 Å². The summed E-state index contributed by atoms with van der Waals surface area (Å²) in [5.74, 6) is -0.463. The van der Waals surface area contributed by atoms with Crippen LogP contribution in [0.3, 0.4) is 0 Å². The number of carbonyl (C=O) groups excluding carboxylic acids is 2. The first-order valence-electron chi connectivity index (χ1n) is 11.0. The number of halogens is 1. The second kappa shape index (κ2) is 10.2. The Morgan fingerprint density at radius 2 is 1.38 bits per heavy atom. The molecule has 1 aliphatic rings. The number of amides is 2. The number of carbonyl (C=O) groups is 2. The molecule has 1 heterocycles. The molecule has 5 heteroatoms. The van der Waals surface area contributed by atoms with Crippen molar-refractivity contribution in [3.8, 4) is 0 Å². The van der Waals surface area contributed by atoms with Crippen molar-refractivity contribution in [1.29, 1.82) is 0 Å². The standard InChI is InChI=1S/C27H27FN2O2/c28-24-13-11-23(12-14-24)27(32)30-17-15-22(16-18-30)26(31)29-19-25(20-7-3-1-4-8-20)21-9-5-2-6-10-21/h1-14,22,25H,15-19H2,(H,29,31). The molecule has 0 aliphatic carbocycles. The van der Waals surface area contributed by atoms with E-state index in [1.165, 1.54) is 35.4 Å². The zero-order valence-electron chi connectivity index (χ0n) is 17.9. The zero-order chi connectivity index (χ0) is 22.3. The largest absolute Gasteiger partial charge is 0.355 e. The third kappa shape index (κ3) is 5.22. The minimum atomic E-state index is -0.360. The van der Waals surface area contributed by atoms with Gasteiger partial charge in [0.1, 0.15) is 5.82 Å². The minimum absolute atomic E-state index is 0.0377. The summed E-state index contributed by atoms with van der Waals surface area (Å²) < 4.78 is 13.1. The van der Waals surface area contributed by atoms with Crippen LogP contribution in [-0.2, 0) is 4.79 Å². The first kappa shape index (κ1) is 21.8. The van der Waals surface area contributed by atoms with E-state index in [4.69, 9.17) is 0 Å². The predicted molar refractivity (Wildman–Crippen MR) is 123 cm³/mol. The van der Waals surface area contributed by atoms with Gasteiger partial charge in [0, 0.05) is 37.0 Å². The molecule has 0 unspecified atom stereocenters. The van der Waals surface area contributed by atoms with E-state index in [0.29, 0.717) is 38.0 Å². The van der Waals surface area contributed by atoms with Crippen molar-refractivity contribution < 1.29 is 14.0 Å². The lowest BCUT2D eigenvalue weighted by atomic mass is 9.90. The van der Waals surface area contributed by atoms with Crippen molar-refractivity contribution in [2.75, 3.05) is 19.6 Å². The molecular formula is C27H27FN2O2. The Morgan fingerprint density at radius 1 is 0.844 bits per heavy atom. The molecule has 1 N–H and O–H groups in total. The van der Waals surface area contributed by atoms with Gasteiger partial charge in [0.15, 0.2) is 0 Å². The summed E-state index contributed by atoms with van der Waals surface area (Å²) in [5.41, 5.74) is 2.81. The highest BCUT2D eigenvalue weighted by Gasteiger charge is 2.28. The second-order valence-corrected chi connectivity index (χ2v) is 8.19. The van der Waals surface area contributed by atoms with E-state index in [1.54, 1.807) is 4.90 Å². The molecule has 0 radical (unpaired) electrons. The fraction of sp³-hybridized carbons (Fsp3) is 0.259. The van der Waals surface area contributed by atoms with Crippen LogP contribution in [0.1, 0.15) is 40.2 Å². The predicted octanol–water partition coefficient (Wildman–Crippen LogP) is 4.63. The highest BCUT2D eigenvalue weighted by Crippen LogP contribution is 2.25. The number of likely N-dealkylation sites (tertiary alicyclic amines) is 1. The van der Waals surface area contributed by atoms with Crippen LogP contribution < -0.4 is 5.32 Å². The number of rotatable bonds is 6. The van der Waals surface area contributed by atoms with Crippen molar-refractivity contribution in [2.45, 2.75) is 18.8 Å². The molecule has 0 saturated carbocycles. The smallest absolute Gasteiger partial charge is 0.253 e. The van der Waals surface area contributed by atoms with Gasteiger partial charge in [-0.05, 0) is 48.2 Å². The third-order valence-electron chi connectivity index (χ3n) is 6.13. The lowest BCUT2D eigenvalue weighted by molar-refractivity contribution is -0.126. The average molecular weight is 431 g/mol. The summed E-state index contributed by atoms with van der Waals surface area (Å²) in [6, 6.07) is 26.0. The van der Waals surface area contributed by atoms with Crippen molar-refractivity contribution in [2.24, 2.45) is 5.92 Å². The molecule has 0 atom stereocenters. The number of piperidine rings is 1. The van der Waals surface area contributed by atoms with Gasteiger partial charge in [0.2, 0.25) is 5.91 Å². The number of hydrogen-bond acceptors (Lipinski definition) is 2. The van der Waals surface area contributed by atoms with E-state index in [9.17, 15) is 14.0 Å². The summed E-state index contributed by atoms with van der Waals surface area (Å²) >= 11 is 0. The van der Waals surface area contributed by atoms with Gasteiger partial charge in [-0.3, -0.25) is 9.59 Å². The van der Waals surface area contributed by atoms with Crippen LogP contribution in [0.5, 0.6) is 0 Å². The molecule has 0 spiro atoms. The van der Waals surface area contributed by atoms with Crippen LogP contribution in [0.25, 0.3) is 0 Å². The maximum Gasteiger partial charge on any atom is 0.253 e. The summed E-state index contributed by atoms with van der Waals surface area (Å²) in [7, 11) is 0. The molecule has 32 heavy (non-hydrogen) atoms. The summed E-state index contributed by atoms with van der Waals surface area (Å²) in [6.07, 6.45) is 1.25. The highest BCUT2D eigenvalue weighted by atomic mass is 19.1. The maximum atomic E-state index is 13.1. The molecule has 0 aromatic heterocycles. The molecule has 4 nitrogen and oxygen atoms in total. The zero-order valence-corrected chi connectivity index (χ0v) is 17.9. The lowest BCUT2D eigenvalue weighted by Gasteiger charge is -2.31. The monoisotopic (exact) mass is 430 g/mol. The molecule has 3 aromatic carbocycles. The molecule has 0 bridgehead atoms. The van der Waals surface area contributed by atoms with Crippen LogP contribution >= 0.6 is 0 Å². The molecule has 3 aromatic rings. The van der Waals surface area contributed by atoms with Crippen molar-refractivity contribution in [3.63, 3.8) is 0 Å². The maximum absolute atomic E-state index is 13.1. The van der Waals surface area contributed by atoms with E-state index in [0.717, 1.165) is 0 Å². The first-order valence-corrected chi connectivity index (χ1v) is 11.0. The molecular weight excluding hydrogens is 403 g/mol. The Hall–Kier alpha value is -3.47. The van der Waals surface area contributed by atoms with E-state index in [2.05, 4.69) is 29.6 Å². The Balaban J connectivity index is 1.34. The normalized spacial score (nSPS) is 14.4. The molecule has 4 rings (SSSR count). The molecule has 2 amide bonds. The molecule has 164 valence electrons. The van der Waals surface area contributed by atoms with E-state index in [-0.39, 0.29) is 29.5 Å². The summed E-state index contributed by atoms with van der Waals surface area (Å²) in [4.78, 5) is 27.3. The van der Waals surface area contributed by atoms with E-state index >= 15 is 0 Å². The SMILES string of the molecule is O=C(NCC(c1ccccc1)c1ccccc1)C1CCN(C(=O)c2ccc(F)cc2)CC1. The summed E-state index contributed by atoms with van der Waals surface area (Å²) in [6.45, 7) is 1.58. The Labute approximate surface area is 188 Å². The summed E-state index contributed by atoms with van der Waals surface area (Å²) in [5, 5.41) is 3.15. The van der Waals surface area contributed by atoms with Crippen molar-refractivity contribution in [3.05, 3.63) is 107 Å². The van der Waals surface area contributed by atoms with E-state index in [1.807, 2.05) is 36.4 Å². The van der Waals surface area contributed by atoms with Gasteiger partial charge < -0.3 is 10.2 Å². The topological polar surface area (TPSA) is 49.4 Å². The molecule has 1 fully saturated rings. The molecule has 1 aliphatic heterocycles. The Morgan fingerprint density at radius 3 is 1.91 bits per heavy atom. The van der Waals surface area contributed by atoms with Crippen LogP contribution in [0, 0.1) is 11.7 Å². The highest BCUT2D eigenvalue weighted by molar-refractivity contribution is 5.94. The number of hydrogen-bond donors (Lipinski definition) is 1. The van der Waals surface area contributed by atoms with Gasteiger partial charge in [0.25, 0.3) is 5.91 Å². The Bertz CT molecular complexity index is 991. The first-order chi connectivity index (χ1) is 15.6. The minimum Gasteiger partial charge on any atom is -0.355 e. The van der Waals surface area contributed by atoms with Gasteiger partial charge in [-0.1, -0.05) is 60.7 Å². The number of nitrogens with zero attached hydrogens (tertiary/aromatic N) is 1. The second-order valence-electron chi connectivity index (χ2n) is 8.19. The number of benzene rings is 3. The molecule has 1 saturated heterocycles. The van der Waals surface area contributed by atoms with Crippen molar-refractivity contribution in [1.82, 2.24) is 10.2 Å². The van der Waals surface area contributed by atoms with Crippen LogP contribution in [0.15, 0.2) is 84.9 Å². The van der Waals surface area contributed by atoms with Crippen LogP contribution in [0.2, 0.25) is 0 Å². The van der Waals surface area contributed by atoms with Gasteiger partial charge in [-0.25, -0.2) is 4.39 Å². The van der Waals surface area contributed by atoms with Crippen LogP contribution in [-0.4, -0.2) is 36.3 Å². The van der Waals surface area contributed by atoms with E-state index < -0.39 is 0 Å². The van der Waals surface area contributed by atoms with Gasteiger partial charge >= 0.3 is 0 Å². The fourth-order valence-electron chi connectivity index (χ4n) is 4.27. The van der Waals surface area contributed by atoms with Crippen LogP contribution in [0.4, 0.5) is 4.39 Å². The third-order valence-corrected chi connectivity index (χ3v) is 6.13. The Kier molecular flexibility index (Phi) is 6.95. The lowest BCUT2D eigenvalue weighted by Crippen LogP contribution is -2.43. The van der Waals surface area contributed by atoms with Gasteiger partial charge in [0.05, 0.1) is 0 Å². The number of nitrogens with one attached hydrogen (secondary N) is 1. The fourth-order valence-corrected chi connectivity index (χ4v) is 4.27. The van der Waals surface area contributed by atoms with Gasteiger partial charge in [-0.2, -0.15) is 0 Å². The quantitative estimate of drug-likeness (QED) is 0.620. The average Bonchev–Trinajstić information content (AvgIpc) is 2.85. The van der Waals surface area contributed by atoms with Crippen molar-refractivity contribution >= 4 is 11.8 Å².